The maximum Gasteiger partial charge on any atom is 0.226 e. The Balaban J connectivity index is 2.54. The summed E-state index contributed by atoms with van der Waals surface area (Å²) >= 11 is 5.85. The quantitative estimate of drug-likeness (QED) is 0.758. The number of carbonyl (C=O) groups is 1. The lowest BCUT2D eigenvalue weighted by Crippen LogP contribution is -2.55. The minimum absolute atomic E-state index is 0.0484. The molecule has 1 saturated heterocycles. The van der Waals surface area contributed by atoms with Crippen LogP contribution in [0.5, 0.6) is 0 Å². The average Bonchev–Trinajstić information content (AvgIpc) is 2.40. The maximum absolute atomic E-state index is 12.1. The van der Waals surface area contributed by atoms with Crippen LogP contribution in [0.15, 0.2) is 0 Å². The van der Waals surface area contributed by atoms with Gasteiger partial charge in [0.25, 0.3) is 0 Å². The van der Waals surface area contributed by atoms with Crippen LogP contribution in [0.3, 0.4) is 0 Å². The minimum atomic E-state index is -0.495. The van der Waals surface area contributed by atoms with E-state index in [1.807, 2.05) is 13.8 Å². The fourth-order valence-corrected chi connectivity index (χ4v) is 2.56. The van der Waals surface area contributed by atoms with E-state index in [-0.39, 0.29) is 5.91 Å². The monoisotopic (exact) mass is 303 g/mol. The molecule has 1 rings (SSSR count). The fourth-order valence-electron chi connectivity index (χ4n) is 2.44. The Morgan fingerprint density at radius 3 is 2.25 bits per heavy atom. The molecule has 0 radical (unpaired) electrons. The summed E-state index contributed by atoms with van der Waals surface area (Å²) in [6.45, 7) is 13.3. The normalized spacial score (nSPS) is 20.1. The zero-order valence-corrected chi connectivity index (χ0v) is 14.3. The molecule has 1 heterocycles. The van der Waals surface area contributed by atoms with Gasteiger partial charge in [-0.25, -0.2) is 0 Å². The van der Waals surface area contributed by atoms with E-state index in [2.05, 4.69) is 36.0 Å². The maximum atomic E-state index is 12.1. The molecule has 0 saturated carbocycles. The minimum Gasteiger partial charge on any atom is -0.354 e. The summed E-state index contributed by atoms with van der Waals surface area (Å²) in [7, 11) is 2.16. The third kappa shape index (κ3) is 4.90. The van der Waals surface area contributed by atoms with Gasteiger partial charge >= 0.3 is 0 Å². The first kappa shape index (κ1) is 17.7. The van der Waals surface area contributed by atoms with Crippen molar-refractivity contribution < 1.29 is 4.79 Å². The fraction of sp³-hybridized carbons (Fsp3) is 0.933. The van der Waals surface area contributed by atoms with E-state index in [4.69, 9.17) is 11.6 Å². The predicted octanol–water partition coefficient (Wildman–Crippen LogP) is 1.64. The largest absolute Gasteiger partial charge is 0.354 e. The molecule has 118 valence electrons. The van der Waals surface area contributed by atoms with Crippen LogP contribution >= 0.6 is 11.6 Å². The highest BCUT2D eigenvalue weighted by molar-refractivity contribution is 6.19. The van der Waals surface area contributed by atoms with Crippen molar-refractivity contribution in [1.29, 1.82) is 0 Å². The van der Waals surface area contributed by atoms with Crippen molar-refractivity contribution in [2.75, 3.05) is 45.7 Å². The Morgan fingerprint density at radius 2 is 1.80 bits per heavy atom. The average molecular weight is 304 g/mol. The summed E-state index contributed by atoms with van der Waals surface area (Å²) in [5.41, 5.74) is -0.495. The van der Waals surface area contributed by atoms with Crippen LogP contribution in [0.2, 0.25) is 0 Å². The second-order valence-electron chi connectivity index (χ2n) is 6.88. The zero-order chi connectivity index (χ0) is 15.3. The molecule has 4 nitrogen and oxygen atoms in total. The van der Waals surface area contributed by atoms with Crippen molar-refractivity contribution >= 4 is 17.5 Å². The van der Waals surface area contributed by atoms with Crippen LogP contribution in [-0.4, -0.2) is 67.4 Å². The molecule has 20 heavy (non-hydrogen) atoms. The number of piperazine rings is 1. The number of amides is 1. The standard InChI is InChI=1S/C15H30ClN3O/c1-12(2)13(19-8-6-18(5)7-9-19)10-17-14(20)15(3,4)11-16/h12-13H,6-11H2,1-5H3,(H,17,20). The summed E-state index contributed by atoms with van der Waals surface area (Å²) in [5, 5.41) is 3.09. The van der Waals surface area contributed by atoms with E-state index in [9.17, 15) is 4.79 Å². The molecule has 1 aliphatic heterocycles. The first-order valence-electron chi connectivity index (χ1n) is 7.55. The molecule has 0 aromatic heterocycles. The topological polar surface area (TPSA) is 35.6 Å². The zero-order valence-electron chi connectivity index (χ0n) is 13.6. The van der Waals surface area contributed by atoms with E-state index in [1.54, 1.807) is 0 Å². The lowest BCUT2D eigenvalue weighted by Gasteiger charge is -2.40. The second kappa shape index (κ2) is 7.62. The summed E-state index contributed by atoms with van der Waals surface area (Å²) in [6.07, 6.45) is 0. The molecule has 1 aliphatic rings. The first-order chi connectivity index (χ1) is 9.27. The Morgan fingerprint density at radius 1 is 1.25 bits per heavy atom. The molecule has 1 amide bonds. The predicted molar refractivity (Wildman–Crippen MR) is 85.2 cm³/mol. The van der Waals surface area contributed by atoms with Crippen molar-refractivity contribution in [2.45, 2.75) is 33.7 Å². The van der Waals surface area contributed by atoms with Crippen LogP contribution in [0.1, 0.15) is 27.7 Å². The van der Waals surface area contributed by atoms with E-state index in [1.165, 1.54) is 0 Å². The third-order valence-electron chi connectivity index (χ3n) is 4.20. The number of alkyl halides is 1. The number of halogens is 1. The summed E-state index contributed by atoms with van der Waals surface area (Å²) in [5.74, 6) is 0.921. The van der Waals surface area contributed by atoms with Gasteiger partial charge in [0, 0.05) is 44.6 Å². The summed E-state index contributed by atoms with van der Waals surface area (Å²) in [4.78, 5) is 17.0. The molecule has 0 aliphatic carbocycles. The Labute approximate surface area is 128 Å². The molecule has 1 unspecified atom stereocenters. The lowest BCUT2D eigenvalue weighted by atomic mass is 9.94. The molecule has 1 N–H and O–H groups in total. The first-order valence-corrected chi connectivity index (χ1v) is 8.08. The van der Waals surface area contributed by atoms with Gasteiger partial charge < -0.3 is 10.2 Å². The number of hydrogen-bond acceptors (Lipinski definition) is 3. The highest BCUT2D eigenvalue weighted by Gasteiger charge is 2.29. The highest BCUT2D eigenvalue weighted by atomic mass is 35.5. The third-order valence-corrected chi connectivity index (χ3v) is 4.87. The summed E-state index contributed by atoms with van der Waals surface area (Å²) < 4.78 is 0. The molecule has 0 spiro atoms. The lowest BCUT2D eigenvalue weighted by molar-refractivity contribution is -0.128. The van der Waals surface area contributed by atoms with Gasteiger partial charge in [-0.1, -0.05) is 13.8 Å². The number of nitrogens with one attached hydrogen (secondary N) is 1. The SMILES string of the molecule is CC(C)C(CNC(=O)C(C)(C)CCl)N1CCN(C)CC1. The Bertz CT molecular complexity index is 312. The number of nitrogens with zero attached hydrogens (tertiary/aromatic N) is 2. The van der Waals surface area contributed by atoms with E-state index in [0.29, 0.717) is 24.4 Å². The number of likely N-dealkylation sites (N-methyl/N-ethyl adjacent to an activating group) is 1. The van der Waals surface area contributed by atoms with Crippen molar-refractivity contribution in [2.24, 2.45) is 11.3 Å². The van der Waals surface area contributed by atoms with Crippen molar-refractivity contribution in [3.63, 3.8) is 0 Å². The Kier molecular flexibility index (Phi) is 6.76. The smallest absolute Gasteiger partial charge is 0.226 e. The van der Waals surface area contributed by atoms with E-state index < -0.39 is 5.41 Å². The van der Waals surface area contributed by atoms with Crippen LogP contribution in [0.25, 0.3) is 0 Å². The van der Waals surface area contributed by atoms with Gasteiger partial charge in [0.15, 0.2) is 0 Å². The van der Waals surface area contributed by atoms with Gasteiger partial charge in [0.2, 0.25) is 5.91 Å². The number of carbonyl (C=O) groups excluding carboxylic acids is 1. The van der Waals surface area contributed by atoms with Crippen LogP contribution in [0, 0.1) is 11.3 Å². The van der Waals surface area contributed by atoms with Gasteiger partial charge in [0.1, 0.15) is 0 Å². The summed E-state index contributed by atoms with van der Waals surface area (Å²) in [6, 6.07) is 0.402. The van der Waals surface area contributed by atoms with Crippen LogP contribution in [0.4, 0.5) is 0 Å². The van der Waals surface area contributed by atoms with Gasteiger partial charge in [-0.15, -0.1) is 11.6 Å². The van der Waals surface area contributed by atoms with Crippen molar-refractivity contribution in [3.05, 3.63) is 0 Å². The van der Waals surface area contributed by atoms with Crippen molar-refractivity contribution in [1.82, 2.24) is 15.1 Å². The molecule has 1 atom stereocenters. The molecule has 5 heteroatoms. The second-order valence-corrected chi connectivity index (χ2v) is 7.15. The molecule has 0 aromatic carbocycles. The van der Waals surface area contributed by atoms with E-state index >= 15 is 0 Å². The van der Waals surface area contributed by atoms with Crippen LogP contribution < -0.4 is 5.32 Å². The van der Waals surface area contributed by atoms with Gasteiger partial charge in [0.05, 0.1) is 5.41 Å². The molecule has 0 aromatic rings. The van der Waals surface area contributed by atoms with Gasteiger partial charge in [-0.2, -0.15) is 0 Å². The van der Waals surface area contributed by atoms with Crippen molar-refractivity contribution in [3.8, 4) is 0 Å². The molecule has 0 bridgehead atoms. The number of hydrogen-bond donors (Lipinski definition) is 1. The van der Waals surface area contributed by atoms with E-state index in [0.717, 1.165) is 26.2 Å². The molecular formula is C15H30ClN3O. The molecular weight excluding hydrogens is 274 g/mol. The number of rotatable bonds is 6. The van der Waals surface area contributed by atoms with Crippen LogP contribution in [-0.2, 0) is 4.79 Å². The van der Waals surface area contributed by atoms with Gasteiger partial charge in [-0.3, -0.25) is 9.69 Å². The highest BCUT2D eigenvalue weighted by Crippen LogP contribution is 2.18. The Hall–Kier alpha value is -0.320. The van der Waals surface area contributed by atoms with Gasteiger partial charge in [-0.05, 0) is 26.8 Å². The molecule has 1 fully saturated rings.